The van der Waals surface area contributed by atoms with E-state index in [-0.39, 0.29) is 10.9 Å². The molecule has 8 heteroatoms. The molecule has 0 aliphatic heterocycles. The molecule has 2 N–H and O–H groups in total. The Morgan fingerprint density at radius 2 is 1.89 bits per heavy atom. The lowest BCUT2D eigenvalue weighted by Gasteiger charge is -2.18. The molecule has 0 radical (unpaired) electrons. The number of likely N-dealkylation sites (N-methyl/N-ethyl adjacent to an activating group) is 1. The fourth-order valence-electron chi connectivity index (χ4n) is 1.62. The van der Waals surface area contributed by atoms with Gasteiger partial charge in [0.1, 0.15) is 4.90 Å². The summed E-state index contributed by atoms with van der Waals surface area (Å²) < 4.78 is 26.7. The van der Waals surface area contributed by atoms with Crippen molar-refractivity contribution in [3.05, 3.63) is 12.4 Å². The van der Waals surface area contributed by atoms with Gasteiger partial charge in [-0.15, -0.1) is 0 Å². The Bertz CT molecular complexity index is 486. The van der Waals surface area contributed by atoms with Gasteiger partial charge in [-0.2, -0.15) is 0 Å². The number of hydrogen-bond acceptors (Lipinski definition) is 6. The van der Waals surface area contributed by atoms with Gasteiger partial charge in [0, 0.05) is 19.1 Å². The Labute approximate surface area is 114 Å². The topological polar surface area (TPSA) is 87.2 Å². The van der Waals surface area contributed by atoms with Gasteiger partial charge in [0.15, 0.2) is 0 Å². The molecule has 0 aliphatic carbocycles. The first-order valence-electron chi connectivity index (χ1n) is 6.08. The van der Waals surface area contributed by atoms with Crippen LogP contribution in [0.25, 0.3) is 0 Å². The van der Waals surface area contributed by atoms with Crippen molar-refractivity contribution in [1.29, 1.82) is 0 Å². The molecule has 19 heavy (non-hydrogen) atoms. The smallest absolute Gasteiger partial charge is 0.243 e. The number of anilines is 1. The van der Waals surface area contributed by atoms with Crippen LogP contribution in [0.5, 0.6) is 0 Å². The van der Waals surface area contributed by atoms with E-state index in [9.17, 15) is 8.42 Å². The van der Waals surface area contributed by atoms with Crippen LogP contribution >= 0.6 is 0 Å². The maximum Gasteiger partial charge on any atom is 0.243 e. The lowest BCUT2D eigenvalue weighted by molar-refractivity contribution is 0.370. The Morgan fingerprint density at radius 1 is 1.32 bits per heavy atom. The summed E-state index contributed by atoms with van der Waals surface area (Å²) in [4.78, 5) is 9.89. The van der Waals surface area contributed by atoms with Crippen molar-refractivity contribution in [2.75, 3.05) is 32.5 Å². The molecular weight excluding hydrogens is 266 g/mol. The molecule has 0 spiro atoms. The summed E-state index contributed by atoms with van der Waals surface area (Å²) in [5, 5.41) is 2.91. The van der Waals surface area contributed by atoms with Gasteiger partial charge in [0.25, 0.3) is 0 Å². The van der Waals surface area contributed by atoms with E-state index < -0.39 is 10.0 Å². The van der Waals surface area contributed by atoms with Crippen molar-refractivity contribution >= 4 is 16.0 Å². The lowest BCUT2D eigenvalue weighted by atomic mass is 10.3. The predicted octanol–water partition coefficient (Wildman–Crippen LogP) is 0.137. The van der Waals surface area contributed by atoms with Crippen LogP contribution in [0.4, 0.5) is 5.95 Å². The maximum absolute atomic E-state index is 12.1. The molecule has 0 fully saturated rings. The molecule has 1 heterocycles. The van der Waals surface area contributed by atoms with Gasteiger partial charge in [-0.1, -0.05) is 0 Å². The first-order valence-corrected chi connectivity index (χ1v) is 7.56. The zero-order valence-corrected chi connectivity index (χ0v) is 12.5. The number of hydrogen-bond donors (Lipinski definition) is 2. The van der Waals surface area contributed by atoms with Crippen molar-refractivity contribution in [3.8, 4) is 0 Å². The highest BCUT2D eigenvalue weighted by atomic mass is 32.2. The average Bonchev–Trinajstić information content (AvgIpc) is 2.28. The van der Waals surface area contributed by atoms with Gasteiger partial charge in [-0.3, -0.25) is 0 Å². The van der Waals surface area contributed by atoms with E-state index >= 15 is 0 Å². The number of rotatable bonds is 7. The molecule has 0 saturated heterocycles. The average molecular weight is 287 g/mol. The number of sulfonamides is 1. The standard InChI is InChI=1S/C11H21N5O2S/c1-5-12-11-13-6-10(7-14-11)19(17,18)15-9(2)8-16(3)4/h6-7,9,15H,5,8H2,1-4H3,(H,12,13,14). The minimum absolute atomic E-state index is 0.0692. The van der Waals surface area contributed by atoms with Gasteiger partial charge >= 0.3 is 0 Å². The highest BCUT2D eigenvalue weighted by Gasteiger charge is 2.18. The molecular formula is C11H21N5O2S. The Hall–Kier alpha value is -1.25. The molecule has 1 unspecified atom stereocenters. The first-order chi connectivity index (χ1) is 8.85. The minimum atomic E-state index is -3.57. The summed E-state index contributed by atoms with van der Waals surface area (Å²) in [7, 11) is 0.210. The third-order valence-corrected chi connectivity index (χ3v) is 3.81. The highest BCUT2D eigenvalue weighted by molar-refractivity contribution is 7.89. The first kappa shape index (κ1) is 15.8. The lowest BCUT2D eigenvalue weighted by Crippen LogP contribution is -2.39. The number of nitrogens with zero attached hydrogens (tertiary/aromatic N) is 3. The van der Waals surface area contributed by atoms with E-state index in [1.165, 1.54) is 12.4 Å². The molecule has 0 aliphatic rings. The Kier molecular flexibility index (Phi) is 5.64. The molecule has 0 saturated carbocycles. The molecule has 0 amide bonds. The van der Waals surface area contributed by atoms with Crippen LogP contribution in [0, 0.1) is 0 Å². The summed E-state index contributed by atoms with van der Waals surface area (Å²) in [6.45, 7) is 5.03. The normalized spacial score (nSPS) is 13.5. The van der Waals surface area contributed by atoms with Gasteiger partial charge in [0.2, 0.25) is 16.0 Å². The second-order valence-corrected chi connectivity index (χ2v) is 6.27. The van der Waals surface area contributed by atoms with E-state index in [0.717, 1.165) is 0 Å². The molecule has 0 aromatic carbocycles. The van der Waals surface area contributed by atoms with Gasteiger partial charge in [-0.05, 0) is 27.9 Å². The summed E-state index contributed by atoms with van der Waals surface area (Å²) in [6.07, 6.45) is 2.60. The van der Waals surface area contributed by atoms with Gasteiger partial charge in [-0.25, -0.2) is 23.1 Å². The number of nitrogens with one attached hydrogen (secondary N) is 2. The van der Waals surface area contributed by atoms with Crippen LogP contribution < -0.4 is 10.0 Å². The molecule has 1 atom stereocenters. The van der Waals surface area contributed by atoms with E-state index in [4.69, 9.17) is 0 Å². The zero-order valence-electron chi connectivity index (χ0n) is 11.7. The van der Waals surface area contributed by atoms with Crippen molar-refractivity contribution in [1.82, 2.24) is 19.6 Å². The third kappa shape index (κ3) is 5.09. The van der Waals surface area contributed by atoms with Crippen molar-refractivity contribution in [2.45, 2.75) is 24.8 Å². The SMILES string of the molecule is CCNc1ncc(S(=O)(=O)NC(C)CN(C)C)cn1. The van der Waals surface area contributed by atoms with Crippen LogP contribution in [-0.2, 0) is 10.0 Å². The minimum Gasteiger partial charge on any atom is -0.355 e. The predicted molar refractivity (Wildman–Crippen MR) is 74.5 cm³/mol. The summed E-state index contributed by atoms with van der Waals surface area (Å²) in [5.74, 6) is 0.419. The van der Waals surface area contributed by atoms with Crippen LogP contribution in [-0.4, -0.2) is 56.5 Å². The van der Waals surface area contributed by atoms with Gasteiger partial charge in [0.05, 0.1) is 12.4 Å². The fourth-order valence-corrected chi connectivity index (χ4v) is 2.75. The van der Waals surface area contributed by atoms with Crippen LogP contribution in [0.15, 0.2) is 17.3 Å². The second kappa shape index (κ2) is 6.78. The second-order valence-electron chi connectivity index (χ2n) is 4.56. The summed E-state index contributed by atoms with van der Waals surface area (Å²) in [5.41, 5.74) is 0. The fraction of sp³-hybridized carbons (Fsp3) is 0.636. The summed E-state index contributed by atoms with van der Waals surface area (Å²) in [6, 6.07) is -0.187. The molecule has 1 aromatic rings. The highest BCUT2D eigenvalue weighted by Crippen LogP contribution is 2.08. The monoisotopic (exact) mass is 287 g/mol. The van der Waals surface area contributed by atoms with Crippen LogP contribution in [0.3, 0.4) is 0 Å². The van der Waals surface area contributed by atoms with Crippen molar-refractivity contribution < 1.29 is 8.42 Å². The van der Waals surface area contributed by atoms with Crippen molar-refractivity contribution in [3.63, 3.8) is 0 Å². The Morgan fingerprint density at radius 3 is 2.37 bits per heavy atom. The quantitative estimate of drug-likeness (QED) is 0.741. The van der Waals surface area contributed by atoms with E-state index in [2.05, 4.69) is 20.0 Å². The van der Waals surface area contributed by atoms with E-state index in [1.54, 1.807) is 0 Å². The van der Waals surface area contributed by atoms with Crippen LogP contribution in [0.2, 0.25) is 0 Å². The third-order valence-electron chi connectivity index (χ3n) is 2.27. The van der Waals surface area contributed by atoms with E-state index in [0.29, 0.717) is 19.0 Å². The maximum atomic E-state index is 12.1. The largest absolute Gasteiger partial charge is 0.355 e. The summed E-state index contributed by atoms with van der Waals surface area (Å²) >= 11 is 0. The molecule has 0 bridgehead atoms. The molecule has 1 aromatic heterocycles. The van der Waals surface area contributed by atoms with Crippen molar-refractivity contribution in [2.24, 2.45) is 0 Å². The van der Waals surface area contributed by atoms with Crippen LogP contribution in [0.1, 0.15) is 13.8 Å². The number of aromatic nitrogens is 2. The molecule has 1 rings (SSSR count). The zero-order chi connectivity index (χ0) is 14.5. The van der Waals surface area contributed by atoms with Gasteiger partial charge < -0.3 is 10.2 Å². The molecule has 7 nitrogen and oxygen atoms in total. The Balaban J connectivity index is 2.76. The van der Waals surface area contributed by atoms with E-state index in [1.807, 2.05) is 32.8 Å². The molecule has 108 valence electrons.